The normalized spacial score (nSPS) is 10.4. The third-order valence-electron chi connectivity index (χ3n) is 1.70. The summed E-state index contributed by atoms with van der Waals surface area (Å²) in [7, 11) is 0. The van der Waals surface area contributed by atoms with E-state index in [-0.39, 0.29) is 5.95 Å². The Hall–Kier alpha value is -0.630. The fourth-order valence-corrected chi connectivity index (χ4v) is 1.76. The lowest BCUT2D eigenvalue weighted by Gasteiger charge is -1.98. The number of benzene rings is 1. The third-order valence-corrected chi connectivity index (χ3v) is 4.03. The lowest BCUT2D eigenvalue weighted by Crippen LogP contribution is -1.86. The molecule has 0 aliphatic rings. The second kappa shape index (κ2) is 3.85. The number of H-pyrrole nitrogens is 1. The van der Waals surface area contributed by atoms with Crippen LogP contribution in [-0.4, -0.2) is 15.2 Å². The maximum atomic E-state index is 5.42. The molecule has 6 heteroatoms. The fraction of sp³-hybridized carbons (Fsp3) is 0. The summed E-state index contributed by atoms with van der Waals surface area (Å²) >= 11 is 5.70. The predicted octanol–water partition coefficient (Wildman–Crippen LogP) is 2.42. The van der Waals surface area contributed by atoms with Gasteiger partial charge in [0.2, 0.25) is 5.95 Å². The molecule has 0 aliphatic carbocycles. The van der Waals surface area contributed by atoms with Crippen molar-refractivity contribution in [3.63, 3.8) is 0 Å². The summed E-state index contributed by atoms with van der Waals surface area (Å²) in [6.45, 7) is 0. The van der Waals surface area contributed by atoms with Crippen molar-refractivity contribution in [1.82, 2.24) is 15.2 Å². The van der Waals surface area contributed by atoms with Gasteiger partial charge in [-0.25, -0.2) is 0 Å². The van der Waals surface area contributed by atoms with Crippen molar-refractivity contribution in [3.8, 4) is 11.4 Å². The van der Waals surface area contributed by atoms with Gasteiger partial charge in [0, 0.05) is 13.6 Å². The Morgan fingerprint density at radius 3 is 2.79 bits per heavy atom. The van der Waals surface area contributed by atoms with E-state index < -0.39 is 0 Å². The second-order valence-electron chi connectivity index (χ2n) is 2.67. The minimum Gasteiger partial charge on any atom is -0.366 e. The van der Waals surface area contributed by atoms with Crippen molar-refractivity contribution in [2.24, 2.45) is 0 Å². The predicted molar refractivity (Wildman–Crippen MR) is 66.6 cm³/mol. The summed E-state index contributed by atoms with van der Waals surface area (Å²) in [6.07, 6.45) is 0. The van der Waals surface area contributed by atoms with Crippen molar-refractivity contribution in [2.75, 3.05) is 5.73 Å². The maximum absolute atomic E-state index is 5.42. The number of anilines is 1. The van der Waals surface area contributed by atoms with Crippen LogP contribution in [0, 0.1) is 3.57 Å². The number of nitrogen functional groups attached to an aromatic ring is 1. The molecule has 3 N–H and O–H groups in total. The van der Waals surface area contributed by atoms with Crippen LogP contribution >= 0.6 is 38.5 Å². The molecule has 0 radical (unpaired) electrons. The molecular formula is C8H6BrIN4. The molecule has 0 unspecified atom stereocenters. The fourth-order valence-electron chi connectivity index (χ4n) is 1.05. The first-order valence-corrected chi connectivity index (χ1v) is 5.67. The molecular weight excluding hydrogens is 359 g/mol. The number of aromatic nitrogens is 3. The third kappa shape index (κ3) is 1.90. The lowest BCUT2D eigenvalue weighted by atomic mass is 10.2. The Morgan fingerprint density at radius 1 is 1.43 bits per heavy atom. The van der Waals surface area contributed by atoms with Gasteiger partial charge in [0.15, 0.2) is 5.82 Å². The first-order chi connectivity index (χ1) is 6.66. The zero-order valence-corrected chi connectivity index (χ0v) is 10.7. The minimum absolute atomic E-state index is 0.259. The van der Waals surface area contributed by atoms with Crippen LogP contribution in [0.25, 0.3) is 11.4 Å². The van der Waals surface area contributed by atoms with Crippen LogP contribution in [0.3, 0.4) is 0 Å². The van der Waals surface area contributed by atoms with Gasteiger partial charge in [0.05, 0.1) is 0 Å². The number of nitrogens with one attached hydrogen (secondary N) is 1. The molecule has 1 aromatic carbocycles. The molecule has 0 bridgehead atoms. The maximum Gasteiger partial charge on any atom is 0.239 e. The van der Waals surface area contributed by atoms with Crippen molar-refractivity contribution in [1.29, 1.82) is 0 Å². The standard InChI is InChI=1S/C8H6BrIN4/c9-5-3-4(1-2-6(5)10)7-12-8(11)14-13-7/h1-3H,(H3,11,12,13,14). The largest absolute Gasteiger partial charge is 0.366 e. The average molecular weight is 365 g/mol. The Kier molecular flexibility index (Phi) is 2.73. The van der Waals surface area contributed by atoms with E-state index in [1.54, 1.807) is 0 Å². The smallest absolute Gasteiger partial charge is 0.239 e. The van der Waals surface area contributed by atoms with Crippen molar-refractivity contribution >= 4 is 44.5 Å². The molecule has 0 spiro atoms. The van der Waals surface area contributed by atoms with E-state index in [2.05, 4.69) is 53.7 Å². The molecule has 0 saturated heterocycles. The minimum atomic E-state index is 0.259. The highest BCUT2D eigenvalue weighted by Gasteiger charge is 2.04. The highest BCUT2D eigenvalue weighted by atomic mass is 127. The lowest BCUT2D eigenvalue weighted by molar-refractivity contribution is 1.10. The summed E-state index contributed by atoms with van der Waals surface area (Å²) in [5.74, 6) is 0.939. The van der Waals surface area contributed by atoms with Gasteiger partial charge in [0.25, 0.3) is 0 Å². The molecule has 0 aliphatic heterocycles. The monoisotopic (exact) mass is 364 g/mol. The van der Waals surface area contributed by atoms with Gasteiger partial charge in [-0.1, -0.05) is 6.07 Å². The molecule has 2 rings (SSSR count). The summed E-state index contributed by atoms with van der Waals surface area (Å²) < 4.78 is 2.18. The zero-order chi connectivity index (χ0) is 10.1. The van der Waals surface area contributed by atoms with E-state index in [4.69, 9.17) is 5.73 Å². The first-order valence-electron chi connectivity index (χ1n) is 3.80. The van der Waals surface area contributed by atoms with Crippen LogP contribution in [0.5, 0.6) is 0 Å². The number of nitrogens with zero attached hydrogens (tertiary/aromatic N) is 2. The van der Waals surface area contributed by atoms with Crippen LogP contribution < -0.4 is 5.73 Å². The molecule has 14 heavy (non-hydrogen) atoms. The first kappa shape index (κ1) is 9.91. The van der Waals surface area contributed by atoms with E-state index in [1.165, 1.54) is 0 Å². The Bertz CT molecular complexity index is 468. The quantitative estimate of drug-likeness (QED) is 0.763. The van der Waals surface area contributed by atoms with Crippen molar-refractivity contribution in [2.45, 2.75) is 0 Å². The van der Waals surface area contributed by atoms with E-state index in [9.17, 15) is 0 Å². The second-order valence-corrected chi connectivity index (χ2v) is 4.69. The van der Waals surface area contributed by atoms with Crippen LogP contribution in [-0.2, 0) is 0 Å². The van der Waals surface area contributed by atoms with Gasteiger partial charge in [0.1, 0.15) is 0 Å². The summed E-state index contributed by atoms with van der Waals surface area (Å²) in [6, 6.07) is 5.94. The number of nitrogens with two attached hydrogens (primary N) is 1. The Labute approximate surface area is 103 Å². The average Bonchev–Trinajstić information content (AvgIpc) is 2.57. The molecule has 72 valence electrons. The van der Waals surface area contributed by atoms with Crippen molar-refractivity contribution < 1.29 is 0 Å². The van der Waals surface area contributed by atoms with Gasteiger partial charge in [-0.05, 0) is 50.7 Å². The van der Waals surface area contributed by atoms with Crippen LogP contribution in [0.2, 0.25) is 0 Å². The molecule has 0 saturated carbocycles. The van der Waals surface area contributed by atoms with Crippen LogP contribution in [0.4, 0.5) is 5.95 Å². The Morgan fingerprint density at radius 2 is 2.21 bits per heavy atom. The zero-order valence-electron chi connectivity index (χ0n) is 6.96. The van der Waals surface area contributed by atoms with Gasteiger partial charge < -0.3 is 5.73 Å². The Balaban J connectivity index is 2.47. The van der Waals surface area contributed by atoms with E-state index in [0.717, 1.165) is 13.6 Å². The molecule has 0 atom stereocenters. The molecule has 2 aromatic rings. The van der Waals surface area contributed by atoms with E-state index >= 15 is 0 Å². The van der Waals surface area contributed by atoms with Gasteiger partial charge in [-0.3, -0.25) is 5.10 Å². The van der Waals surface area contributed by atoms with Crippen molar-refractivity contribution in [3.05, 3.63) is 26.2 Å². The highest BCUT2D eigenvalue weighted by Crippen LogP contribution is 2.24. The van der Waals surface area contributed by atoms with E-state index in [1.807, 2.05) is 18.2 Å². The van der Waals surface area contributed by atoms with Gasteiger partial charge in [-0.2, -0.15) is 4.98 Å². The number of aromatic amines is 1. The SMILES string of the molecule is Nc1n[nH]c(-c2ccc(I)c(Br)c2)n1. The van der Waals surface area contributed by atoms with Crippen LogP contribution in [0.15, 0.2) is 22.7 Å². The molecule has 0 fully saturated rings. The summed E-state index contributed by atoms with van der Waals surface area (Å²) in [5.41, 5.74) is 6.38. The number of hydrogen-bond donors (Lipinski definition) is 2. The van der Waals surface area contributed by atoms with E-state index in [0.29, 0.717) is 5.82 Å². The number of halogens is 2. The number of hydrogen-bond acceptors (Lipinski definition) is 3. The topological polar surface area (TPSA) is 67.6 Å². The number of rotatable bonds is 1. The summed E-state index contributed by atoms with van der Waals surface area (Å²) in [5, 5.41) is 6.53. The van der Waals surface area contributed by atoms with Crippen LogP contribution in [0.1, 0.15) is 0 Å². The molecule has 1 aromatic heterocycles. The van der Waals surface area contributed by atoms with Gasteiger partial charge in [-0.15, -0.1) is 5.10 Å². The molecule has 4 nitrogen and oxygen atoms in total. The molecule has 0 amide bonds. The summed E-state index contributed by atoms with van der Waals surface area (Å²) in [4.78, 5) is 4.04. The molecule has 1 heterocycles. The van der Waals surface area contributed by atoms with Gasteiger partial charge >= 0.3 is 0 Å². The highest BCUT2D eigenvalue weighted by molar-refractivity contribution is 14.1.